The van der Waals surface area contributed by atoms with Gasteiger partial charge in [0.05, 0.1) is 65.4 Å². The van der Waals surface area contributed by atoms with Crippen molar-refractivity contribution in [2.24, 2.45) is 30.3 Å². The first kappa shape index (κ1) is 73.8. The summed E-state index contributed by atoms with van der Waals surface area (Å²) in [7, 11) is 5.04. The Hall–Kier alpha value is -8.05. The molecule has 1 fully saturated rings. The van der Waals surface area contributed by atoms with Crippen molar-refractivity contribution >= 4 is 80.2 Å². The summed E-state index contributed by atoms with van der Waals surface area (Å²) in [4.78, 5) is 75.4. The molecule has 21 nitrogen and oxygen atoms in total. The zero-order valence-electron chi connectivity index (χ0n) is 59.8. The number of anilines is 3. The molecule has 0 unspecified atom stereocenters. The molecule has 4 aliphatic heterocycles. The molecule has 0 amide bonds. The molecular weight excluding hydrogens is 1230 g/mol. The largest absolute Gasteiger partial charge is 0.384 e. The monoisotopic (exact) mass is 1330 g/mol. The highest BCUT2D eigenvalue weighted by Crippen LogP contribution is 2.31. The van der Waals surface area contributed by atoms with E-state index in [0.717, 1.165) is 158 Å². The summed E-state index contributed by atoms with van der Waals surface area (Å²) < 4.78 is 20.0. The number of ether oxygens (including phenoxy) is 3. The van der Waals surface area contributed by atoms with Crippen molar-refractivity contribution in [3.8, 4) is 0 Å². The van der Waals surface area contributed by atoms with Crippen molar-refractivity contribution in [2.75, 3.05) is 107 Å². The summed E-state index contributed by atoms with van der Waals surface area (Å²) in [5.41, 5.74) is 17.9. The first-order valence-corrected chi connectivity index (χ1v) is 35.6. The van der Waals surface area contributed by atoms with E-state index in [1.54, 1.807) is 21.3 Å². The quantitative estimate of drug-likeness (QED) is 0.0439. The second-order valence-corrected chi connectivity index (χ2v) is 25.6. The van der Waals surface area contributed by atoms with Crippen LogP contribution in [0.4, 0.5) is 34.1 Å². The Morgan fingerprint density at radius 2 is 0.979 bits per heavy atom. The maximum atomic E-state index is 13.3. The molecule has 0 N–H and O–H groups in total. The highest BCUT2D eigenvalue weighted by atomic mass is 32.2. The Morgan fingerprint density at radius 3 is 1.51 bits per heavy atom. The number of hydrogen-bond donors (Lipinski definition) is 0. The first-order valence-electron chi connectivity index (χ1n) is 34.4. The number of aromatic nitrogens is 6. The van der Waals surface area contributed by atoms with Crippen molar-refractivity contribution in [2.45, 2.75) is 161 Å². The molecule has 0 atom stereocenters. The van der Waals surface area contributed by atoms with Crippen LogP contribution in [0.25, 0.3) is 0 Å². The number of rotatable bonds is 27. The number of likely N-dealkylation sites (N-methyl/N-ethyl adjacent to an activating group) is 1. The van der Waals surface area contributed by atoms with Gasteiger partial charge in [-0.1, -0.05) is 47.0 Å². The number of nitrogens with zero attached hydrogens (tertiary/aromatic N) is 15. The highest BCUT2D eigenvalue weighted by molar-refractivity contribution is 7.99. The number of aliphatic imine (C=N–C) groups is 3. The van der Waals surface area contributed by atoms with Gasteiger partial charge in [0.25, 0.3) is 16.7 Å². The third kappa shape index (κ3) is 17.2. The first-order chi connectivity index (χ1) is 46.4. The van der Waals surface area contributed by atoms with E-state index in [1.165, 1.54) is 36.9 Å². The normalized spacial score (nSPS) is 15.1. The molecule has 3 aromatic heterocycles. The molecule has 7 heterocycles. The van der Waals surface area contributed by atoms with Gasteiger partial charge in [-0.2, -0.15) is 41.1 Å². The predicted octanol–water partition coefficient (Wildman–Crippen LogP) is 12.5. The molecule has 96 heavy (non-hydrogen) atoms. The van der Waals surface area contributed by atoms with Crippen molar-refractivity contribution in [1.29, 1.82) is 0 Å². The van der Waals surface area contributed by atoms with E-state index in [2.05, 4.69) is 132 Å². The Morgan fingerprint density at radius 1 is 0.500 bits per heavy atom. The minimum atomic E-state index is -0.121. The van der Waals surface area contributed by atoms with Crippen LogP contribution in [0.1, 0.15) is 168 Å². The van der Waals surface area contributed by atoms with Crippen molar-refractivity contribution in [3.05, 3.63) is 154 Å². The number of thioether (sulfide) groups is 1. The van der Waals surface area contributed by atoms with E-state index in [0.29, 0.717) is 96.8 Å². The summed E-state index contributed by atoms with van der Waals surface area (Å²) in [5, 5.41) is 13.8. The van der Waals surface area contributed by atoms with Gasteiger partial charge < -0.3 is 28.9 Å². The summed E-state index contributed by atoms with van der Waals surface area (Å²) in [6.07, 6.45) is 9.26. The van der Waals surface area contributed by atoms with Gasteiger partial charge in [-0.05, 0) is 172 Å². The van der Waals surface area contributed by atoms with Crippen LogP contribution < -0.4 is 31.4 Å². The second kappa shape index (κ2) is 35.3. The van der Waals surface area contributed by atoms with Gasteiger partial charge >= 0.3 is 0 Å². The summed E-state index contributed by atoms with van der Waals surface area (Å²) >= 11 is 2.01. The Balaban J connectivity index is 0.000000185. The number of hydrogen-bond acceptors (Lipinski definition) is 19. The lowest BCUT2D eigenvalue weighted by molar-refractivity contribution is 0.201. The molecule has 0 radical (unpaired) electrons. The van der Waals surface area contributed by atoms with Crippen LogP contribution in [0, 0.1) is 34.6 Å². The van der Waals surface area contributed by atoms with E-state index < -0.39 is 0 Å². The zero-order chi connectivity index (χ0) is 69.2. The molecular formula is C74H101N15O6S. The van der Waals surface area contributed by atoms with Gasteiger partial charge in [-0.15, -0.1) is 0 Å². The highest BCUT2D eigenvalue weighted by Gasteiger charge is 2.31. The third-order valence-electron chi connectivity index (χ3n) is 17.8. The third-order valence-corrected chi connectivity index (χ3v) is 18.8. The zero-order valence-corrected chi connectivity index (χ0v) is 60.6. The number of benzene rings is 3. The fraction of sp³-hybridized carbons (Fsp3) is 0.514. The van der Waals surface area contributed by atoms with E-state index in [-0.39, 0.29) is 16.7 Å². The lowest BCUT2D eigenvalue weighted by atomic mass is 10.1. The molecule has 4 aliphatic rings. The van der Waals surface area contributed by atoms with Crippen LogP contribution in [-0.2, 0) is 39.9 Å². The maximum absolute atomic E-state index is 13.3. The van der Waals surface area contributed by atoms with Crippen molar-refractivity contribution < 1.29 is 14.2 Å². The second-order valence-electron chi connectivity index (χ2n) is 24.4. The van der Waals surface area contributed by atoms with E-state index in [9.17, 15) is 14.4 Å². The minimum Gasteiger partial charge on any atom is -0.384 e. The Kier molecular flexibility index (Phi) is 27.1. The number of aryl methyl sites for hydroxylation is 4. The maximum Gasteiger partial charge on any atom is 0.277 e. The predicted molar refractivity (Wildman–Crippen MR) is 398 cm³/mol. The molecule has 0 aliphatic carbocycles. The average Bonchev–Trinajstić information content (AvgIpc) is 1.61. The van der Waals surface area contributed by atoms with E-state index in [1.807, 2.05) is 59.4 Å². The van der Waals surface area contributed by atoms with Gasteiger partial charge in [0.15, 0.2) is 17.5 Å². The Bertz CT molecular complexity index is 4110. The molecule has 1 saturated heterocycles. The summed E-state index contributed by atoms with van der Waals surface area (Å²) in [6.45, 7) is 34.0. The topological polar surface area (TPSA) is 216 Å². The lowest BCUT2D eigenvalue weighted by Crippen LogP contribution is -2.32. The van der Waals surface area contributed by atoms with Crippen LogP contribution in [0.5, 0.6) is 0 Å². The fourth-order valence-corrected chi connectivity index (χ4v) is 13.0. The molecule has 0 spiro atoms. The van der Waals surface area contributed by atoms with Gasteiger partial charge in [0, 0.05) is 124 Å². The van der Waals surface area contributed by atoms with Crippen LogP contribution >= 0.6 is 11.8 Å². The van der Waals surface area contributed by atoms with Crippen molar-refractivity contribution in [3.63, 3.8) is 0 Å². The fourth-order valence-electron chi connectivity index (χ4n) is 12.1. The number of unbranched alkanes of at least 4 members (excludes halogenated alkanes) is 3. The van der Waals surface area contributed by atoms with Crippen LogP contribution in [0.2, 0.25) is 0 Å². The van der Waals surface area contributed by atoms with Crippen molar-refractivity contribution in [1.82, 2.24) is 29.0 Å². The van der Waals surface area contributed by atoms with Gasteiger partial charge in [0.2, 0.25) is 0 Å². The lowest BCUT2D eigenvalue weighted by Gasteiger charge is -2.28. The van der Waals surface area contributed by atoms with E-state index >= 15 is 0 Å². The number of methoxy groups -OCH3 is 3. The van der Waals surface area contributed by atoms with Gasteiger partial charge in [-0.3, -0.25) is 14.4 Å². The van der Waals surface area contributed by atoms with E-state index in [4.69, 9.17) is 39.2 Å². The van der Waals surface area contributed by atoms with Gasteiger partial charge in [-0.25, -0.2) is 29.9 Å². The molecule has 0 saturated carbocycles. The minimum absolute atomic E-state index is 0.0959. The molecule has 0 bridgehead atoms. The number of fused-ring (bicyclic) bond motifs is 3. The summed E-state index contributed by atoms with van der Waals surface area (Å²) in [6, 6.07) is 19.0. The molecule has 22 heteroatoms. The Labute approximate surface area is 571 Å². The van der Waals surface area contributed by atoms with Crippen LogP contribution in [0.15, 0.2) is 99.3 Å². The molecule has 6 aromatic rings. The molecule has 3 aromatic carbocycles. The smallest absolute Gasteiger partial charge is 0.277 e. The van der Waals surface area contributed by atoms with Crippen LogP contribution in [0.3, 0.4) is 0 Å². The summed E-state index contributed by atoms with van der Waals surface area (Å²) in [5.74, 6) is 3.94. The standard InChI is InChI=1S/C26H35N5O2S.C26H37N5O2.C22H29N5O2/c1-5-6-7-8-23-24(25-28-22(11-14-33-4)19(3)26(32)31(25)29-23)27-21-10-9-20(17-18(21)2)30-12-15-34-16-13-30;1-7-11-12-23-24(27-21-14-13-19(17-18(21)5)30(9-3)10-4)25-28-22(15-16-33-6)20(8-2)26(32)31(25)29-23;1-7-18-15(4)23-21-20(16(5)25-27(21)22(18)28)24-19-10-9-17(13-14(19)3)26(8-2)11-12-29-6/h9-10,17H,5-8,11-16H2,1-4H3;13-14,17H,7-12,15-16H2,1-6H3;9-10,13H,7-8,11-12H2,1-6H3. The molecule has 10 rings (SSSR count). The SMILES string of the molecule is CCCCC1=Nn2c(nc(CCOC)c(CC)c2=O)C1=Nc1ccc(N(CC)CC)cc1C.CCCCCC1=Nn2c(nc(CCOC)c(C)c2=O)C1=Nc1ccc(N2CCSCC2)cc1C.CCc1c(C)nc2n(c1=O)N=C(C)C2=Nc1ccc(N(CC)CCOC)cc1C. The average molecular weight is 1330 g/mol. The van der Waals surface area contributed by atoms with Crippen LogP contribution in [-0.4, -0.2) is 155 Å². The van der Waals surface area contributed by atoms with Gasteiger partial charge in [0.1, 0.15) is 17.1 Å². The molecule has 514 valence electrons.